The van der Waals surface area contributed by atoms with Crippen LogP contribution in [-0.2, 0) is 9.53 Å². The first-order valence-electron chi connectivity index (χ1n) is 8.75. The second kappa shape index (κ2) is 7.59. The fraction of sp³-hybridized carbons (Fsp3) is 0.941. The molecule has 1 N–H and O–H groups in total. The van der Waals surface area contributed by atoms with Crippen molar-refractivity contribution in [2.24, 2.45) is 5.92 Å². The summed E-state index contributed by atoms with van der Waals surface area (Å²) in [5.41, 5.74) is -0.528. The third-order valence-electron chi connectivity index (χ3n) is 4.67. The second-order valence-electron chi connectivity index (χ2n) is 6.86. The molecule has 4 heteroatoms. The van der Waals surface area contributed by atoms with Crippen molar-refractivity contribution >= 4 is 5.97 Å². The number of hydrogen-bond donors (Lipinski definition) is 1. The molecule has 0 bridgehead atoms. The van der Waals surface area contributed by atoms with E-state index in [2.05, 4.69) is 10.2 Å². The Labute approximate surface area is 129 Å². The average molecular weight is 296 g/mol. The zero-order chi connectivity index (χ0) is 15.3. The van der Waals surface area contributed by atoms with Gasteiger partial charge in [-0.3, -0.25) is 4.79 Å². The Bertz CT molecular complexity index is 340. The molecule has 0 aromatic rings. The van der Waals surface area contributed by atoms with Crippen LogP contribution in [0, 0.1) is 5.92 Å². The number of esters is 1. The van der Waals surface area contributed by atoms with Gasteiger partial charge in [0, 0.05) is 12.6 Å². The lowest BCUT2D eigenvalue weighted by atomic mass is 9.95. The molecule has 122 valence electrons. The van der Waals surface area contributed by atoms with Crippen LogP contribution in [0.4, 0.5) is 0 Å². The highest BCUT2D eigenvalue weighted by Crippen LogP contribution is 2.35. The van der Waals surface area contributed by atoms with Gasteiger partial charge < -0.3 is 15.0 Å². The monoisotopic (exact) mass is 296 g/mol. The fourth-order valence-corrected chi connectivity index (χ4v) is 3.07. The minimum Gasteiger partial charge on any atom is -0.465 e. The Morgan fingerprint density at radius 2 is 2.00 bits per heavy atom. The molecule has 1 atom stereocenters. The van der Waals surface area contributed by atoms with Crippen LogP contribution in [0.3, 0.4) is 0 Å². The summed E-state index contributed by atoms with van der Waals surface area (Å²) in [6.07, 6.45) is 7.49. The van der Waals surface area contributed by atoms with Gasteiger partial charge in [0.15, 0.2) is 0 Å². The number of ether oxygens (including phenoxy) is 1. The Morgan fingerprint density at radius 3 is 2.52 bits per heavy atom. The van der Waals surface area contributed by atoms with E-state index in [0.717, 1.165) is 37.9 Å². The van der Waals surface area contributed by atoms with Gasteiger partial charge in [0.2, 0.25) is 0 Å². The Balaban J connectivity index is 1.78. The second-order valence-corrected chi connectivity index (χ2v) is 6.86. The van der Waals surface area contributed by atoms with E-state index in [-0.39, 0.29) is 5.97 Å². The Hall–Kier alpha value is -0.610. The van der Waals surface area contributed by atoms with E-state index >= 15 is 0 Å². The first kappa shape index (κ1) is 16.8. The number of nitrogens with zero attached hydrogens (tertiary/aromatic N) is 1. The molecule has 0 radical (unpaired) electrons. The maximum atomic E-state index is 12.2. The molecule has 2 rings (SSSR count). The number of carbonyl (C=O) groups excluding carboxylic acids is 1. The van der Waals surface area contributed by atoms with Crippen molar-refractivity contribution in [2.75, 3.05) is 26.2 Å². The SMILES string of the molecule is CCNC(C)(CCCN(CC1CC1)C1CC1)C(=O)OCC. The van der Waals surface area contributed by atoms with E-state index in [4.69, 9.17) is 4.74 Å². The summed E-state index contributed by atoms with van der Waals surface area (Å²) in [6.45, 7) is 9.55. The van der Waals surface area contributed by atoms with Gasteiger partial charge in [-0.25, -0.2) is 0 Å². The molecule has 0 aromatic heterocycles. The average Bonchev–Trinajstić information content (AvgIpc) is 3.31. The molecular weight excluding hydrogens is 264 g/mol. The molecule has 2 saturated carbocycles. The number of carbonyl (C=O) groups is 1. The maximum absolute atomic E-state index is 12.2. The van der Waals surface area contributed by atoms with Crippen molar-refractivity contribution in [1.82, 2.24) is 10.2 Å². The maximum Gasteiger partial charge on any atom is 0.326 e. The third kappa shape index (κ3) is 5.26. The predicted octanol–water partition coefficient (Wildman–Crippen LogP) is 2.57. The molecule has 4 nitrogen and oxygen atoms in total. The normalized spacial score (nSPS) is 21.3. The highest BCUT2D eigenvalue weighted by Gasteiger charge is 2.36. The van der Waals surface area contributed by atoms with Gasteiger partial charge in [-0.15, -0.1) is 0 Å². The van der Waals surface area contributed by atoms with E-state index in [9.17, 15) is 4.79 Å². The zero-order valence-electron chi connectivity index (χ0n) is 14.0. The summed E-state index contributed by atoms with van der Waals surface area (Å²) in [4.78, 5) is 14.8. The summed E-state index contributed by atoms with van der Waals surface area (Å²) in [7, 11) is 0. The number of rotatable bonds is 11. The predicted molar refractivity (Wildman–Crippen MR) is 85.3 cm³/mol. The summed E-state index contributed by atoms with van der Waals surface area (Å²) >= 11 is 0. The Kier molecular flexibility index (Phi) is 6.06. The number of nitrogens with one attached hydrogen (secondary N) is 1. The quantitative estimate of drug-likeness (QED) is 0.595. The van der Waals surface area contributed by atoms with Gasteiger partial charge in [0.25, 0.3) is 0 Å². The van der Waals surface area contributed by atoms with Gasteiger partial charge in [-0.2, -0.15) is 0 Å². The lowest BCUT2D eigenvalue weighted by molar-refractivity contribution is -0.150. The van der Waals surface area contributed by atoms with Crippen molar-refractivity contribution in [3.8, 4) is 0 Å². The molecule has 0 aromatic carbocycles. The molecule has 2 aliphatic rings. The molecule has 2 aliphatic carbocycles. The summed E-state index contributed by atoms with van der Waals surface area (Å²) in [5.74, 6) is 0.850. The number of hydrogen-bond acceptors (Lipinski definition) is 4. The van der Waals surface area contributed by atoms with Crippen molar-refractivity contribution in [1.29, 1.82) is 0 Å². The summed E-state index contributed by atoms with van der Waals surface area (Å²) in [6, 6.07) is 0.832. The summed E-state index contributed by atoms with van der Waals surface area (Å²) < 4.78 is 5.24. The van der Waals surface area contributed by atoms with Crippen molar-refractivity contribution in [3.05, 3.63) is 0 Å². The lowest BCUT2D eigenvalue weighted by Gasteiger charge is -2.29. The van der Waals surface area contributed by atoms with E-state index in [1.165, 1.54) is 32.2 Å². The molecule has 21 heavy (non-hydrogen) atoms. The Morgan fingerprint density at radius 1 is 1.29 bits per heavy atom. The van der Waals surface area contributed by atoms with E-state index in [1.54, 1.807) is 0 Å². The van der Waals surface area contributed by atoms with Gasteiger partial charge in [0.1, 0.15) is 5.54 Å². The van der Waals surface area contributed by atoms with Crippen LogP contribution >= 0.6 is 0 Å². The molecule has 0 amide bonds. The third-order valence-corrected chi connectivity index (χ3v) is 4.67. The van der Waals surface area contributed by atoms with Crippen LogP contribution in [0.5, 0.6) is 0 Å². The smallest absolute Gasteiger partial charge is 0.326 e. The number of likely N-dealkylation sites (N-methyl/N-ethyl adjacent to an activating group) is 1. The topological polar surface area (TPSA) is 41.6 Å². The molecule has 0 spiro atoms. The molecule has 0 saturated heterocycles. The molecule has 0 aliphatic heterocycles. The van der Waals surface area contributed by atoms with Crippen LogP contribution in [-0.4, -0.2) is 48.7 Å². The van der Waals surface area contributed by atoms with E-state index in [0.29, 0.717) is 6.61 Å². The zero-order valence-corrected chi connectivity index (χ0v) is 14.0. The van der Waals surface area contributed by atoms with Crippen molar-refractivity contribution < 1.29 is 9.53 Å². The fourth-order valence-electron chi connectivity index (χ4n) is 3.07. The molecule has 2 fully saturated rings. The first-order valence-corrected chi connectivity index (χ1v) is 8.75. The highest BCUT2D eigenvalue weighted by atomic mass is 16.5. The molecular formula is C17H32N2O2. The molecule has 1 unspecified atom stereocenters. The van der Waals surface area contributed by atoms with Gasteiger partial charge in [-0.05, 0) is 71.4 Å². The van der Waals surface area contributed by atoms with Gasteiger partial charge in [-0.1, -0.05) is 6.92 Å². The minimum atomic E-state index is -0.528. The lowest BCUT2D eigenvalue weighted by Crippen LogP contribution is -2.50. The minimum absolute atomic E-state index is 0.105. The standard InChI is InChI=1S/C17H32N2O2/c1-4-18-17(3,16(20)21-5-2)11-6-12-19(15-9-10-15)13-14-7-8-14/h14-15,18H,4-13H2,1-3H3. The van der Waals surface area contributed by atoms with Crippen molar-refractivity contribution in [2.45, 2.75) is 70.9 Å². The molecule has 0 heterocycles. The van der Waals surface area contributed by atoms with Crippen LogP contribution in [0.25, 0.3) is 0 Å². The van der Waals surface area contributed by atoms with Crippen molar-refractivity contribution in [3.63, 3.8) is 0 Å². The van der Waals surface area contributed by atoms with Gasteiger partial charge >= 0.3 is 5.97 Å². The van der Waals surface area contributed by atoms with Crippen LogP contribution in [0.1, 0.15) is 59.3 Å². The van der Waals surface area contributed by atoms with E-state index in [1.807, 2.05) is 20.8 Å². The van der Waals surface area contributed by atoms with E-state index < -0.39 is 5.54 Å². The van der Waals surface area contributed by atoms with Gasteiger partial charge in [0.05, 0.1) is 6.61 Å². The van der Waals surface area contributed by atoms with Crippen LogP contribution in [0.15, 0.2) is 0 Å². The largest absolute Gasteiger partial charge is 0.465 e. The summed E-state index contributed by atoms with van der Waals surface area (Å²) in [5, 5.41) is 3.32. The van der Waals surface area contributed by atoms with Crippen LogP contribution < -0.4 is 5.32 Å². The van der Waals surface area contributed by atoms with Crippen LogP contribution in [0.2, 0.25) is 0 Å². The highest BCUT2D eigenvalue weighted by molar-refractivity contribution is 5.80. The first-order chi connectivity index (χ1) is 10.1.